The molecule has 5 nitrogen and oxygen atoms in total. The van der Waals surface area contributed by atoms with E-state index in [0.717, 1.165) is 0 Å². The molecule has 0 bridgehead atoms. The van der Waals surface area contributed by atoms with Crippen LogP contribution < -0.4 is 15.5 Å². The molecule has 0 aromatic heterocycles. The predicted octanol–water partition coefficient (Wildman–Crippen LogP) is 3.31. The molecule has 0 saturated carbocycles. The lowest BCUT2D eigenvalue weighted by Gasteiger charge is -2.24. The molecule has 24 heavy (non-hydrogen) atoms. The van der Waals surface area contributed by atoms with Crippen LogP contribution in [0.5, 0.6) is 0 Å². The highest BCUT2D eigenvalue weighted by Gasteiger charge is 2.28. The van der Waals surface area contributed by atoms with Crippen molar-refractivity contribution in [3.63, 3.8) is 0 Å². The Morgan fingerprint density at radius 2 is 1.75 bits per heavy atom. The summed E-state index contributed by atoms with van der Waals surface area (Å²) in [4.78, 5) is 27.0. The van der Waals surface area contributed by atoms with Gasteiger partial charge in [-0.15, -0.1) is 0 Å². The van der Waals surface area contributed by atoms with Gasteiger partial charge in [0.1, 0.15) is 0 Å². The van der Waals surface area contributed by atoms with Crippen molar-refractivity contribution in [2.45, 2.75) is 26.3 Å². The molecule has 2 aromatic rings. The second-order valence-corrected chi connectivity index (χ2v) is 6.08. The molecule has 0 saturated heterocycles. The minimum absolute atomic E-state index is 0.0421. The maximum Gasteiger partial charge on any atom is 0.257 e. The topological polar surface area (TPSA) is 61.4 Å². The summed E-state index contributed by atoms with van der Waals surface area (Å²) in [6.45, 7) is 4.69. The van der Waals surface area contributed by atoms with E-state index in [2.05, 4.69) is 10.6 Å². The van der Waals surface area contributed by atoms with E-state index >= 15 is 0 Å². The lowest BCUT2D eigenvalue weighted by atomic mass is 10.1. The number of hydrogen-bond donors (Lipinski definition) is 2. The van der Waals surface area contributed by atoms with Gasteiger partial charge >= 0.3 is 0 Å². The number of nitrogens with one attached hydrogen (secondary N) is 2. The summed E-state index contributed by atoms with van der Waals surface area (Å²) in [5.41, 5.74) is 2.46. The second-order valence-electron chi connectivity index (χ2n) is 6.08. The third-order valence-electron chi connectivity index (χ3n) is 3.92. The van der Waals surface area contributed by atoms with Crippen molar-refractivity contribution in [3.05, 3.63) is 54.1 Å². The lowest BCUT2D eigenvalue weighted by molar-refractivity contribution is -0.117. The van der Waals surface area contributed by atoms with Gasteiger partial charge in [0.15, 0.2) is 0 Å². The Bertz CT molecular complexity index is 771. The van der Waals surface area contributed by atoms with Crippen LogP contribution in [0.4, 0.5) is 17.1 Å². The summed E-state index contributed by atoms with van der Waals surface area (Å²) < 4.78 is 0. The van der Waals surface area contributed by atoms with Gasteiger partial charge in [0.25, 0.3) is 5.91 Å². The highest BCUT2D eigenvalue weighted by Crippen LogP contribution is 2.37. The van der Waals surface area contributed by atoms with Crippen LogP contribution in [0.3, 0.4) is 0 Å². The van der Waals surface area contributed by atoms with Gasteiger partial charge < -0.3 is 10.6 Å². The minimum atomic E-state index is -0.200. The van der Waals surface area contributed by atoms with E-state index in [1.165, 1.54) is 0 Å². The average Bonchev–Trinajstić information content (AvgIpc) is 2.68. The maximum atomic E-state index is 12.9. The minimum Gasteiger partial charge on any atom is -0.320 e. The van der Waals surface area contributed by atoms with Gasteiger partial charge in [0.2, 0.25) is 5.91 Å². The number of amides is 2. The molecule has 124 valence electrons. The first kappa shape index (κ1) is 16.2. The SMILES string of the molecule is CC(C)NCCC(=O)N1c2ccccc2NC(=O)c2ccccc21. The van der Waals surface area contributed by atoms with Crippen molar-refractivity contribution in [1.29, 1.82) is 0 Å². The molecular weight excluding hydrogens is 302 g/mol. The maximum absolute atomic E-state index is 12.9. The zero-order valence-electron chi connectivity index (χ0n) is 13.9. The zero-order valence-corrected chi connectivity index (χ0v) is 13.9. The molecule has 0 spiro atoms. The van der Waals surface area contributed by atoms with E-state index in [-0.39, 0.29) is 11.8 Å². The molecule has 0 aliphatic carbocycles. The van der Waals surface area contributed by atoms with Crippen molar-refractivity contribution >= 4 is 28.9 Å². The van der Waals surface area contributed by atoms with E-state index in [0.29, 0.717) is 41.6 Å². The number of nitrogens with zero attached hydrogens (tertiary/aromatic N) is 1. The number of benzene rings is 2. The van der Waals surface area contributed by atoms with E-state index < -0.39 is 0 Å². The second kappa shape index (κ2) is 6.84. The van der Waals surface area contributed by atoms with Crippen LogP contribution in [-0.2, 0) is 4.79 Å². The molecular formula is C19H21N3O2. The number of rotatable bonds is 4. The average molecular weight is 323 g/mol. The number of carbonyl (C=O) groups is 2. The van der Waals surface area contributed by atoms with Gasteiger partial charge in [0.05, 0.1) is 22.6 Å². The van der Waals surface area contributed by atoms with Crippen molar-refractivity contribution in [2.75, 3.05) is 16.8 Å². The molecule has 0 fully saturated rings. The zero-order chi connectivity index (χ0) is 17.1. The molecule has 5 heteroatoms. The van der Waals surface area contributed by atoms with E-state index in [1.54, 1.807) is 17.0 Å². The van der Waals surface area contributed by atoms with Crippen LogP contribution in [0, 0.1) is 0 Å². The molecule has 1 aliphatic heterocycles. The third kappa shape index (κ3) is 3.16. The Labute approximate surface area is 141 Å². The lowest BCUT2D eigenvalue weighted by Crippen LogP contribution is -2.32. The van der Waals surface area contributed by atoms with Crippen LogP contribution in [0.25, 0.3) is 0 Å². The molecule has 0 radical (unpaired) electrons. The van der Waals surface area contributed by atoms with Crippen molar-refractivity contribution in [3.8, 4) is 0 Å². The number of para-hydroxylation sites is 3. The largest absolute Gasteiger partial charge is 0.320 e. The van der Waals surface area contributed by atoms with Gasteiger partial charge in [0, 0.05) is 19.0 Å². The normalized spacial score (nSPS) is 13.1. The molecule has 0 atom stereocenters. The van der Waals surface area contributed by atoms with Gasteiger partial charge in [-0.2, -0.15) is 0 Å². The Morgan fingerprint density at radius 1 is 1.08 bits per heavy atom. The molecule has 2 aromatic carbocycles. The first-order valence-corrected chi connectivity index (χ1v) is 8.13. The summed E-state index contributed by atoms with van der Waals surface area (Å²) in [6.07, 6.45) is 0.356. The predicted molar refractivity (Wildman–Crippen MR) is 95.7 cm³/mol. The monoisotopic (exact) mass is 323 g/mol. The third-order valence-corrected chi connectivity index (χ3v) is 3.92. The number of anilines is 3. The number of hydrogen-bond acceptors (Lipinski definition) is 3. The summed E-state index contributed by atoms with van der Waals surface area (Å²) in [6, 6.07) is 14.9. The van der Waals surface area contributed by atoms with Gasteiger partial charge in [-0.3, -0.25) is 14.5 Å². The standard InChI is InChI=1S/C19H21N3O2/c1-13(2)20-12-11-18(23)22-16-9-5-3-7-14(16)19(24)21-15-8-4-6-10-17(15)22/h3-10,13,20H,11-12H2,1-2H3,(H,21,24). The first-order valence-electron chi connectivity index (χ1n) is 8.13. The summed E-state index contributed by atoms with van der Waals surface area (Å²) >= 11 is 0. The fraction of sp³-hybridized carbons (Fsp3) is 0.263. The summed E-state index contributed by atoms with van der Waals surface area (Å²) in [5.74, 6) is -0.242. The van der Waals surface area contributed by atoms with Crippen LogP contribution in [-0.4, -0.2) is 24.4 Å². The smallest absolute Gasteiger partial charge is 0.257 e. The summed E-state index contributed by atoms with van der Waals surface area (Å²) in [7, 11) is 0. The number of carbonyl (C=O) groups excluding carboxylic acids is 2. The van der Waals surface area contributed by atoms with Crippen LogP contribution in [0.1, 0.15) is 30.6 Å². The fourth-order valence-electron chi connectivity index (χ4n) is 2.80. The van der Waals surface area contributed by atoms with Crippen molar-refractivity contribution < 1.29 is 9.59 Å². The Kier molecular flexibility index (Phi) is 4.62. The van der Waals surface area contributed by atoms with Gasteiger partial charge in [-0.1, -0.05) is 38.1 Å². The molecule has 2 amide bonds. The van der Waals surface area contributed by atoms with Crippen LogP contribution >= 0.6 is 0 Å². The fourth-order valence-corrected chi connectivity index (χ4v) is 2.80. The highest BCUT2D eigenvalue weighted by molar-refractivity contribution is 6.17. The molecule has 1 heterocycles. The molecule has 2 N–H and O–H groups in total. The highest BCUT2D eigenvalue weighted by atomic mass is 16.2. The quantitative estimate of drug-likeness (QED) is 0.907. The first-order chi connectivity index (χ1) is 11.6. The summed E-state index contributed by atoms with van der Waals surface area (Å²) in [5, 5.41) is 6.15. The van der Waals surface area contributed by atoms with E-state index in [1.807, 2.05) is 50.2 Å². The molecule has 0 unspecified atom stereocenters. The Hall–Kier alpha value is -2.66. The van der Waals surface area contributed by atoms with E-state index in [9.17, 15) is 9.59 Å². The molecule has 1 aliphatic rings. The van der Waals surface area contributed by atoms with Crippen LogP contribution in [0.15, 0.2) is 48.5 Å². The van der Waals surface area contributed by atoms with Crippen molar-refractivity contribution in [1.82, 2.24) is 5.32 Å². The van der Waals surface area contributed by atoms with E-state index in [4.69, 9.17) is 0 Å². The van der Waals surface area contributed by atoms with Gasteiger partial charge in [-0.25, -0.2) is 0 Å². The van der Waals surface area contributed by atoms with Crippen molar-refractivity contribution in [2.24, 2.45) is 0 Å². The van der Waals surface area contributed by atoms with Crippen LogP contribution in [0.2, 0.25) is 0 Å². The Balaban J connectivity index is 2.01. The van der Waals surface area contributed by atoms with Gasteiger partial charge in [-0.05, 0) is 24.3 Å². The Morgan fingerprint density at radius 3 is 2.50 bits per heavy atom. The molecule has 3 rings (SSSR count). The number of fused-ring (bicyclic) bond motifs is 2.